The van der Waals surface area contributed by atoms with Crippen molar-refractivity contribution in [3.63, 3.8) is 0 Å². The second-order valence-corrected chi connectivity index (χ2v) is 7.08. The van der Waals surface area contributed by atoms with Crippen molar-refractivity contribution < 1.29 is 23.6 Å². The molecular formula is C24H25F2N2O2+. The van der Waals surface area contributed by atoms with Crippen LogP contribution >= 0.6 is 0 Å². The molecule has 0 saturated heterocycles. The van der Waals surface area contributed by atoms with Gasteiger partial charge < -0.3 is 15.4 Å². The highest BCUT2D eigenvalue weighted by molar-refractivity contribution is 5.77. The number of ether oxygens (including phenoxy) is 1. The van der Waals surface area contributed by atoms with Crippen LogP contribution in [0, 0.1) is 11.6 Å². The number of hydrogen-bond acceptors (Lipinski definition) is 2. The second kappa shape index (κ2) is 9.98. The molecule has 0 bridgehead atoms. The molecule has 3 N–H and O–H groups in total. The highest BCUT2D eigenvalue weighted by atomic mass is 19.1. The normalized spacial score (nSPS) is 12.8. The van der Waals surface area contributed by atoms with E-state index in [4.69, 9.17) is 4.74 Å². The Hall–Kier alpha value is -3.25. The first-order valence-electron chi connectivity index (χ1n) is 9.74. The Morgan fingerprint density at radius 2 is 1.67 bits per heavy atom. The van der Waals surface area contributed by atoms with E-state index in [9.17, 15) is 13.6 Å². The molecule has 6 heteroatoms. The summed E-state index contributed by atoms with van der Waals surface area (Å²) in [6.45, 7) is 1.89. The average Bonchev–Trinajstić information content (AvgIpc) is 2.76. The lowest BCUT2D eigenvalue weighted by Gasteiger charge is -2.20. The molecule has 30 heavy (non-hydrogen) atoms. The third kappa shape index (κ3) is 5.42. The molecule has 0 saturated carbocycles. The smallest absolute Gasteiger partial charge is 0.275 e. The van der Waals surface area contributed by atoms with Gasteiger partial charge in [0.05, 0.1) is 13.2 Å². The topological polar surface area (TPSA) is 54.9 Å². The van der Waals surface area contributed by atoms with E-state index in [1.54, 1.807) is 19.4 Å². The number of methoxy groups -OCH3 is 1. The molecular weight excluding hydrogens is 386 g/mol. The first kappa shape index (κ1) is 21.5. The molecule has 0 aromatic heterocycles. The Kier molecular flexibility index (Phi) is 7.14. The molecule has 0 heterocycles. The van der Waals surface area contributed by atoms with Gasteiger partial charge in [0.15, 0.2) is 6.54 Å². The van der Waals surface area contributed by atoms with Gasteiger partial charge in [-0.2, -0.15) is 0 Å². The van der Waals surface area contributed by atoms with Crippen molar-refractivity contribution in [3.05, 3.63) is 101 Å². The summed E-state index contributed by atoms with van der Waals surface area (Å²) in [5.74, 6) is -0.680. The maximum Gasteiger partial charge on any atom is 0.275 e. The first-order valence-corrected chi connectivity index (χ1v) is 9.74. The molecule has 0 radical (unpaired) electrons. The maximum atomic E-state index is 14.0. The SMILES string of the molecule is COc1ccc([C@@H](NC(=O)C[NH2+][C@@H](C)c2ccc(F)cc2F)c2ccccc2)cc1. The van der Waals surface area contributed by atoms with Gasteiger partial charge in [-0.25, -0.2) is 8.78 Å². The number of benzene rings is 3. The quantitative estimate of drug-likeness (QED) is 0.596. The lowest BCUT2D eigenvalue weighted by Crippen LogP contribution is -2.87. The zero-order valence-electron chi connectivity index (χ0n) is 16.9. The van der Waals surface area contributed by atoms with Crippen LogP contribution in [0.3, 0.4) is 0 Å². The van der Waals surface area contributed by atoms with Crippen molar-refractivity contribution in [2.75, 3.05) is 13.7 Å². The minimum atomic E-state index is -0.619. The van der Waals surface area contributed by atoms with E-state index in [0.717, 1.165) is 22.9 Å². The van der Waals surface area contributed by atoms with E-state index < -0.39 is 11.6 Å². The number of nitrogens with two attached hydrogens (primary N) is 1. The van der Waals surface area contributed by atoms with Gasteiger partial charge in [-0.3, -0.25) is 4.79 Å². The number of hydrogen-bond donors (Lipinski definition) is 2. The third-order valence-electron chi connectivity index (χ3n) is 5.00. The predicted molar refractivity (Wildman–Crippen MR) is 111 cm³/mol. The number of amides is 1. The Morgan fingerprint density at radius 3 is 2.30 bits per heavy atom. The van der Waals surface area contributed by atoms with Gasteiger partial charge in [0.2, 0.25) is 0 Å². The minimum absolute atomic E-state index is 0.109. The van der Waals surface area contributed by atoms with E-state index in [1.807, 2.05) is 54.6 Å². The van der Waals surface area contributed by atoms with E-state index in [-0.39, 0.29) is 24.5 Å². The summed E-state index contributed by atoms with van der Waals surface area (Å²) < 4.78 is 32.3. The lowest BCUT2D eigenvalue weighted by molar-refractivity contribution is -0.682. The zero-order chi connectivity index (χ0) is 21.5. The molecule has 3 aromatic carbocycles. The molecule has 0 spiro atoms. The summed E-state index contributed by atoms with van der Waals surface area (Å²) in [4.78, 5) is 12.7. The summed E-state index contributed by atoms with van der Waals surface area (Å²) in [7, 11) is 1.60. The number of halogens is 2. The Labute approximate surface area is 174 Å². The van der Waals surface area contributed by atoms with Crippen LogP contribution in [-0.2, 0) is 4.79 Å². The first-order chi connectivity index (χ1) is 14.5. The van der Waals surface area contributed by atoms with Gasteiger partial charge in [-0.1, -0.05) is 42.5 Å². The van der Waals surface area contributed by atoms with Crippen molar-refractivity contribution in [3.8, 4) is 5.75 Å². The number of quaternary nitrogens is 1. The molecule has 0 aliphatic rings. The Bertz CT molecular complexity index is 978. The van der Waals surface area contributed by atoms with Crippen LogP contribution in [0.1, 0.15) is 35.7 Å². The molecule has 0 aliphatic heterocycles. The summed E-state index contributed by atoms with van der Waals surface area (Å²) in [6.07, 6.45) is 0. The van der Waals surface area contributed by atoms with Gasteiger partial charge in [0.25, 0.3) is 5.91 Å². The largest absolute Gasteiger partial charge is 0.497 e. The van der Waals surface area contributed by atoms with Crippen LogP contribution in [0.15, 0.2) is 72.8 Å². The fourth-order valence-corrected chi connectivity index (χ4v) is 3.30. The Balaban J connectivity index is 1.70. The molecule has 156 valence electrons. The fourth-order valence-electron chi connectivity index (χ4n) is 3.30. The van der Waals surface area contributed by atoms with Crippen LogP contribution in [0.4, 0.5) is 8.78 Å². The van der Waals surface area contributed by atoms with E-state index in [2.05, 4.69) is 5.32 Å². The summed E-state index contributed by atoms with van der Waals surface area (Å²) in [5.41, 5.74) is 2.24. The van der Waals surface area contributed by atoms with Gasteiger partial charge in [-0.15, -0.1) is 0 Å². The van der Waals surface area contributed by atoms with Crippen LogP contribution in [0.5, 0.6) is 5.75 Å². The molecule has 0 fully saturated rings. The number of rotatable bonds is 8. The third-order valence-corrected chi connectivity index (χ3v) is 5.00. The highest BCUT2D eigenvalue weighted by Crippen LogP contribution is 2.24. The van der Waals surface area contributed by atoms with Gasteiger partial charge in [0.1, 0.15) is 23.4 Å². The average molecular weight is 411 g/mol. The van der Waals surface area contributed by atoms with Crippen molar-refractivity contribution >= 4 is 5.91 Å². The van der Waals surface area contributed by atoms with Crippen molar-refractivity contribution in [2.24, 2.45) is 0 Å². The number of nitrogens with one attached hydrogen (secondary N) is 1. The lowest BCUT2D eigenvalue weighted by atomic mass is 9.98. The van der Waals surface area contributed by atoms with Crippen LogP contribution in [0.2, 0.25) is 0 Å². The number of carbonyl (C=O) groups is 1. The molecule has 1 amide bonds. The highest BCUT2D eigenvalue weighted by Gasteiger charge is 2.20. The van der Waals surface area contributed by atoms with Crippen molar-refractivity contribution in [1.82, 2.24) is 5.32 Å². The van der Waals surface area contributed by atoms with Crippen molar-refractivity contribution in [2.45, 2.75) is 19.0 Å². The molecule has 2 atom stereocenters. The van der Waals surface area contributed by atoms with Gasteiger partial charge in [0, 0.05) is 11.6 Å². The number of carbonyl (C=O) groups excluding carboxylic acids is 1. The van der Waals surface area contributed by atoms with Gasteiger partial charge >= 0.3 is 0 Å². The summed E-state index contributed by atoms with van der Waals surface area (Å²) >= 11 is 0. The van der Waals surface area contributed by atoms with Gasteiger partial charge in [-0.05, 0) is 42.3 Å². The zero-order valence-corrected chi connectivity index (χ0v) is 16.9. The van der Waals surface area contributed by atoms with E-state index in [1.165, 1.54) is 12.1 Å². The molecule has 3 rings (SSSR count). The summed E-state index contributed by atoms with van der Waals surface area (Å²) in [5, 5.41) is 4.78. The fraction of sp³-hybridized carbons (Fsp3) is 0.208. The molecule has 3 aromatic rings. The van der Waals surface area contributed by atoms with E-state index >= 15 is 0 Å². The molecule has 0 aliphatic carbocycles. The summed E-state index contributed by atoms with van der Waals surface area (Å²) in [6, 6.07) is 20.0. The van der Waals surface area contributed by atoms with Crippen molar-refractivity contribution in [1.29, 1.82) is 0 Å². The maximum absolute atomic E-state index is 14.0. The molecule has 4 nitrogen and oxygen atoms in total. The van der Waals surface area contributed by atoms with E-state index in [0.29, 0.717) is 5.56 Å². The molecule has 0 unspecified atom stereocenters. The Morgan fingerprint density at radius 1 is 1.00 bits per heavy atom. The van der Waals surface area contributed by atoms with Crippen LogP contribution < -0.4 is 15.4 Å². The van der Waals surface area contributed by atoms with Crippen LogP contribution in [0.25, 0.3) is 0 Å². The predicted octanol–water partition coefficient (Wildman–Crippen LogP) is 3.50. The van der Waals surface area contributed by atoms with Crippen LogP contribution in [-0.4, -0.2) is 19.6 Å². The standard InChI is InChI=1S/C24H24F2N2O2/c1-16(21-13-10-19(25)14-22(21)26)27-15-23(29)28-24(17-6-4-3-5-7-17)18-8-11-20(30-2)12-9-18/h3-14,16,24,27H,15H2,1-2H3,(H,28,29)/p+1/t16-,24-/m0/s1. The monoisotopic (exact) mass is 411 g/mol. The minimum Gasteiger partial charge on any atom is -0.497 e. The second-order valence-electron chi connectivity index (χ2n) is 7.08.